The third kappa shape index (κ3) is 4.79. The van der Waals surface area contributed by atoms with Crippen molar-refractivity contribution in [1.29, 1.82) is 0 Å². The Balaban J connectivity index is 2.17. The summed E-state index contributed by atoms with van der Waals surface area (Å²) < 4.78 is 19.4. The van der Waals surface area contributed by atoms with E-state index in [1.165, 1.54) is 6.07 Å². The summed E-state index contributed by atoms with van der Waals surface area (Å²) in [5.74, 6) is 0.907. The van der Waals surface area contributed by atoms with Crippen LogP contribution in [0.25, 0.3) is 0 Å². The van der Waals surface area contributed by atoms with Crippen LogP contribution in [0.3, 0.4) is 0 Å². The quantitative estimate of drug-likeness (QED) is 0.868. The summed E-state index contributed by atoms with van der Waals surface area (Å²) in [6.07, 6.45) is 3.39. The summed E-state index contributed by atoms with van der Waals surface area (Å²) in [5.41, 5.74) is 1.01. The normalized spacial score (nSPS) is 11.5. The van der Waals surface area contributed by atoms with Crippen LogP contribution in [0, 0.1) is 5.82 Å². The van der Waals surface area contributed by atoms with Gasteiger partial charge in [-0.15, -0.1) is 0 Å². The smallest absolute Gasteiger partial charge is 0.150 e. The zero-order valence-corrected chi connectivity index (χ0v) is 13.9. The molecule has 3 nitrogen and oxygen atoms in total. The Bertz CT molecular complexity index is 626. The summed E-state index contributed by atoms with van der Waals surface area (Å²) >= 11 is 3.15. The third-order valence-electron chi connectivity index (χ3n) is 2.80. The topological polar surface area (TPSA) is 34.2 Å². The van der Waals surface area contributed by atoms with Crippen LogP contribution in [0.15, 0.2) is 41.1 Å². The van der Waals surface area contributed by atoms with E-state index in [0.717, 1.165) is 5.56 Å². The molecular weight excluding hydrogens is 335 g/mol. The second-order valence-electron chi connectivity index (χ2n) is 5.76. The predicted molar refractivity (Wildman–Crippen MR) is 85.0 cm³/mol. The van der Waals surface area contributed by atoms with Crippen LogP contribution >= 0.6 is 15.9 Å². The van der Waals surface area contributed by atoms with E-state index < -0.39 is 0 Å². The van der Waals surface area contributed by atoms with Crippen LogP contribution in [0.1, 0.15) is 26.3 Å². The number of aromatic nitrogens is 1. The number of hydrogen-bond acceptors (Lipinski definition) is 3. The Kier molecular flexibility index (Phi) is 4.96. The third-order valence-corrected chi connectivity index (χ3v) is 3.41. The zero-order valence-electron chi connectivity index (χ0n) is 12.3. The molecule has 0 radical (unpaired) electrons. The Morgan fingerprint density at radius 1 is 1.29 bits per heavy atom. The molecular formula is C16H18BrFN2O. The van der Waals surface area contributed by atoms with Gasteiger partial charge in [-0.1, -0.05) is 0 Å². The van der Waals surface area contributed by atoms with Gasteiger partial charge in [0.15, 0.2) is 0 Å². The Labute approximate surface area is 132 Å². The molecule has 0 saturated carbocycles. The van der Waals surface area contributed by atoms with Crippen LogP contribution in [0.2, 0.25) is 0 Å². The van der Waals surface area contributed by atoms with Crippen molar-refractivity contribution in [2.24, 2.45) is 0 Å². The van der Waals surface area contributed by atoms with E-state index in [9.17, 15) is 4.39 Å². The van der Waals surface area contributed by atoms with Gasteiger partial charge in [-0.05, 0) is 61.0 Å². The molecule has 1 aromatic heterocycles. The number of ether oxygens (including phenoxy) is 1. The number of rotatable bonds is 4. The monoisotopic (exact) mass is 352 g/mol. The van der Waals surface area contributed by atoms with Crippen molar-refractivity contribution in [3.05, 3.63) is 52.5 Å². The second-order valence-corrected chi connectivity index (χ2v) is 6.62. The molecule has 0 bridgehead atoms. The van der Waals surface area contributed by atoms with Crippen molar-refractivity contribution in [1.82, 2.24) is 10.3 Å². The average molecular weight is 353 g/mol. The van der Waals surface area contributed by atoms with E-state index in [1.807, 2.05) is 6.07 Å². The van der Waals surface area contributed by atoms with Crippen LogP contribution in [0.4, 0.5) is 4.39 Å². The van der Waals surface area contributed by atoms with Crippen LogP contribution in [-0.4, -0.2) is 10.5 Å². The first kappa shape index (κ1) is 15.9. The van der Waals surface area contributed by atoms with Gasteiger partial charge in [0.1, 0.15) is 17.3 Å². The van der Waals surface area contributed by atoms with E-state index in [0.29, 0.717) is 22.5 Å². The average Bonchev–Trinajstić information content (AvgIpc) is 2.41. The molecule has 0 saturated heterocycles. The fourth-order valence-electron chi connectivity index (χ4n) is 1.67. The molecule has 0 fully saturated rings. The Hall–Kier alpha value is -1.46. The highest BCUT2D eigenvalue weighted by Crippen LogP contribution is 2.28. The van der Waals surface area contributed by atoms with Gasteiger partial charge in [-0.3, -0.25) is 4.98 Å². The minimum atomic E-state index is -0.317. The van der Waals surface area contributed by atoms with Gasteiger partial charge in [0.05, 0.1) is 10.7 Å². The van der Waals surface area contributed by atoms with Crippen LogP contribution in [0.5, 0.6) is 11.5 Å². The van der Waals surface area contributed by atoms with Gasteiger partial charge in [-0.25, -0.2) is 4.39 Å². The van der Waals surface area contributed by atoms with Crippen molar-refractivity contribution in [3.63, 3.8) is 0 Å². The minimum absolute atomic E-state index is 0.0133. The summed E-state index contributed by atoms with van der Waals surface area (Å²) in [6, 6.07) is 6.47. The largest absolute Gasteiger partial charge is 0.455 e. The van der Waals surface area contributed by atoms with Crippen molar-refractivity contribution in [2.75, 3.05) is 0 Å². The van der Waals surface area contributed by atoms with Crippen molar-refractivity contribution in [3.8, 4) is 11.5 Å². The van der Waals surface area contributed by atoms with Gasteiger partial charge >= 0.3 is 0 Å². The fraction of sp³-hybridized carbons (Fsp3) is 0.312. The molecule has 0 aliphatic heterocycles. The van der Waals surface area contributed by atoms with E-state index in [1.54, 1.807) is 24.5 Å². The molecule has 0 aliphatic carbocycles. The summed E-state index contributed by atoms with van der Waals surface area (Å²) in [6.45, 7) is 6.98. The maximum atomic E-state index is 13.2. The standard InChI is InChI=1S/C16H18BrFN2O/c1-16(2,3)20-9-11-6-7-19-10-15(11)21-12-4-5-14(18)13(17)8-12/h4-8,10,20H,9H2,1-3H3. The van der Waals surface area contributed by atoms with Gasteiger partial charge in [0, 0.05) is 23.8 Å². The van der Waals surface area contributed by atoms with Crippen molar-refractivity contribution >= 4 is 15.9 Å². The second kappa shape index (κ2) is 6.54. The van der Waals surface area contributed by atoms with Gasteiger partial charge < -0.3 is 10.1 Å². The fourth-order valence-corrected chi connectivity index (χ4v) is 2.03. The van der Waals surface area contributed by atoms with Crippen molar-refractivity contribution < 1.29 is 9.13 Å². The Morgan fingerprint density at radius 2 is 2.05 bits per heavy atom. The molecule has 0 atom stereocenters. The van der Waals surface area contributed by atoms with E-state index in [4.69, 9.17) is 4.74 Å². The van der Waals surface area contributed by atoms with E-state index >= 15 is 0 Å². The highest BCUT2D eigenvalue weighted by atomic mass is 79.9. The SMILES string of the molecule is CC(C)(C)NCc1ccncc1Oc1ccc(F)c(Br)c1. The van der Waals surface area contributed by atoms with Gasteiger partial charge in [0.2, 0.25) is 0 Å². The molecule has 21 heavy (non-hydrogen) atoms. The molecule has 1 aromatic carbocycles. The molecule has 0 amide bonds. The summed E-state index contributed by atoms with van der Waals surface area (Å²) in [5, 5.41) is 3.41. The highest BCUT2D eigenvalue weighted by molar-refractivity contribution is 9.10. The number of nitrogens with zero attached hydrogens (tertiary/aromatic N) is 1. The number of pyridine rings is 1. The van der Waals surface area contributed by atoms with Crippen LogP contribution < -0.4 is 10.1 Å². The highest BCUT2D eigenvalue weighted by Gasteiger charge is 2.12. The molecule has 112 valence electrons. The lowest BCUT2D eigenvalue weighted by atomic mass is 10.1. The molecule has 2 rings (SSSR count). The molecule has 2 aromatic rings. The molecule has 0 unspecified atom stereocenters. The first-order valence-corrected chi connectivity index (χ1v) is 7.45. The van der Waals surface area contributed by atoms with E-state index in [2.05, 4.69) is 47.0 Å². The number of benzene rings is 1. The maximum Gasteiger partial charge on any atom is 0.150 e. The number of nitrogens with one attached hydrogen (secondary N) is 1. The zero-order chi connectivity index (χ0) is 15.5. The van der Waals surface area contributed by atoms with Gasteiger partial charge in [-0.2, -0.15) is 0 Å². The molecule has 5 heteroatoms. The Morgan fingerprint density at radius 3 is 2.71 bits per heavy atom. The minimum Gasteiger partial charge on any atom is -0.455 e. The number of halogens is 2. The summed E-state index contributed by atoms with van der Waals surface area (Å²) in [7, 11) is 0. The molecule has 0 spiro atoms. The summed E-state index contributed by atoms with van der Waals surface area (Å²) in [4.78, 5) is 4.09. The first-order chi connectivity index (χ1) is 9.85. The lowest BCUT2D eigenvalue weighted by Gasteiger charge is -2.21. The molecule has 1 heterocycles. The van der Waals surface area contributed by atoms with Gasteiger partial charge in [0.25, 0.3) is 0 Å². The molecule has 1 N–H and O–H groups in total. The maximum absolute atomic E-state index is 13.2. The lowest BCUT2D eigenvalue weighted by Crippen LogP contribution is -2.35. The predicted octanol–water partition coefficient (Wildman–Crippen LogP) is 4.66. The van der Waals surface area contributed by atoms with E-state index in [-0.39, 0.29) is 11.4 Å². The van der Waals surface area contributed by atoms with Crippen molar-refractivity contribution in [2.45, 2.75) is 32.9 Å². The lowest BCUT2D eigenvalue weighted by molar-refractivity contribution is 0.413. The molecule has 0 aliphatic rings. The first-order valence-electron chi connectivity index (χ1n) is 6.66. The number of hydrogen-bond donors (Lipinski definition) is 1. The van der Waals surface area contributed by atoms with Crippen LogP contribution in [-0.2, 0) is 6.54 Å².